The average molecular weight is 1170 g/mol. The number of imide groups is 1. The number of aromatic carboxylic acids is 1. The summed E-state index contributed by atoms with van der Waals surface area (Å²) in [5.74, 6) is -3.85. The highest BCUT2D eigenvalue weighted by Crippen LogP contribution is 2.43. The van der Waals surface area contributed by atoms with Gasteiger partial charge in [-0.15, -0.1) is 3.89 Å². The Morgan fingerprint density at radius 2 is 1.38 bits per heavy atom. The first kappa shape index (κ1) is 58.5. The molecule has 10 rings (SSSR count). The Kier molecular flexibility index (Phi) is 17.0. The zero-order valence-electron chi connectivity index (χ0n) is 47.5. The Bertz CT molecular complexity index is 4340. The molecular weight excluding hydrogens is 1110 g/mol. The van der Waals surface area contributed by atoms with Crippen LogP contribution in [-0.2, 0) is 42.9 Å². The maximum atomic E-state index is 13.7. The van der Waals surface area contributed by atoms with Crippen molar-refractivity contribution < 1.29 is 55.3 Å². The number of carboxylic acids is 1. The van der Waals surface area contributed by atoms with Crippen molar-refractivity contribution in [2.45, 2.75) is 62.4 Å². The number of hydrogen-bond acceptors (Lipinski definition) is 12. The molecule has 0 radical (unpaired) electrons. The minimum absolute atomic E-state index is 0.0236. The van der Waals surface area contributed by atoms with Crippen LogP contribution in [0.3, 0.4) is 0 Å². The third-order valence-corrected chi connectivity index (χ3v) is 16.2. The summed E-state index contributed by atoms with van der Waals surface area (Å²) in [6.45, 7) is 0.764. The van der Waals surface area contributed by atoms with Gasteiger partial charge in [0.25, 0.3) is 23.6 Å². The van der Waals surface area contributed by atoms with Crippen molar-refractivity contribution in [2.24, 2.45) is 7.05 Å². The predicted octanol–water partition coefficient (Wildman–Crippen LogP) is 7.84. The molecule has 1 unspecified atom stereocenters. The summed E-state index contributed by atoms with van der Waals surface area (Å²) in [6, 6.07) is 34.2. The molecule has 7 aromatic rings. The summed E-state index contributed by atoms with van der Waals surface area (Å²) in [4.78, 5) is 81.9. The molecule has 3 aliphatic rings. The predicted molar refractivity (Wildman–Crippen MR) is 320 cm³/mol. The van der Waals surface area contributed by atoms with E-state index in [0.717, 1.165) is 70.0 Å². The van der Waals surface area contributed by atoms with Crippen LogP contribution in [0, 0.1) is 0 Å². The Morgan fingerprint density at radius 1 is 0.718 bits per heavy atom. The average Bonchev–Trinajstić information content (AvgIpc) is 3.07. The molecule has 85 heavy (non-hydrogen) atoms. The highest BCUT2D eigenvalue weighted by atomic mass is 32.3. The van der Waals surface area contributed by atoms with Crippen LogP contribution in [0.4, 0.5) is 9.57 Å². The molecule has 2 aromatic heterocycles. The minimum atomic E-state index is -5.03. The van der Waals surface area contributed by atoms with Crippen LogP contribution < -0.4 is 35.9 Å². The molecule has 1 atom stereocenters. The van der Waals surface area contributed by atoms with Crippen LogP contribution in [0.1, 0.15) is 87.1 Å². The number of nitrogens with one attached hydrogen (secondary N) is 3. The Morgan fingerprint density at radius 3 is 2.07 bits per heavy atom. The summed E-state index contributed by atoms with van der Waals surface area (Å²) in [6.07, 6.45) is 7.21. The van der Waals surface area contributed by atoms with Crippen molar-refractivity contribution >= 4 is 95.4 Å². The molecule has 0 spiro atoms. The normalized spacial score (nSPS) is 13.0. The standard InChI is InChI=1S/C65H62FN7O11S/c1-70(2)41-24-29-47-55(35-41)84-56-36-42(71(3)4)25-30-48(56)57(47)46-28-23-40(34-49(46)64(78)79)60(74)67-31-13-12-18-52(68-61(75)39-21-26-43(27-22-39)85(66,81)82)65(80)83-33-15-7-6-14-32-73-38-51(45-17-9-11-20-54(45)73)59-58(62(76)69-63(59)77)50-37-72(5)53-19-10-8-16-44(50)53/h8-11,16-17,19-30,34-38,52H,6-7,12-15,18,31-33H2,1-5H3,(H3-,67,68,69,74,75,76,77,78,79). The van der Waals surface area contributed by atoms with Gasteiger partial charge in [-0.25, -0.2) is 9.37 Å². The van der Waals surface area contributed by atoms with E-state index in [1.807, 2.05) is 147 Å². The number of para-hydroxylation sites is 2. The summed E-state index contributed by atoms with van der Waals surface area (Å²) >= 11 is 0. The number of aromatic nitrogens is 2. The number of carboxylic acid groups (broad SMARTS) is 1. The second kappa shape index (κ2) is 24.6. The van der Waals surface area contributed by atoms with Crippen LogP contribution in [0.25, 0.3) is 66.4 Å². The van der Waals surface area contributed by atoms with Crippen LogP contribution in [0.2, 0.25) is 0 Å². The molecule has 18 nitrogen and oxygen atoms in total. The van der Waals surface area contributed by atoms with Gasteiger partial charge < -0.3 is 43.7 Å². The first-order chi connectivity index (χ1) is 40.8. The van der Waals surface area contributed by atoms with Gasteiger partial charge in [-0.05, 0) is 111 Å². The van der Waals surface area contributed by atoms with Crippen molar-refractivity contribution in [3.05, 3.63) is 173 Å². The quantitative estimate of drug-likeness (QED) is 0.0147. The first-order valence-corrected chi connectivity index (χ1v) is 29.2. The molecule has 5 aromatic carbocycles. The summed E-state index contributed by atoms with van der Waals surface area (Å²) in [5, 5.41) is 24.1. The fourth-order valence-corrected chi connectivity index (χ4v) is 11.4. The molecule has 0 saturated heterocycles. The van der Waals surface area contributed by atoms with Crippen molar-refractivity contribution in [3.63, 3.8) is 0 Å². The molecule has 3 N–H and O–H groups in total. The van der Waals surface area contributed by atoms with E-state index in [2.05, 4.69) is 20.5 Å². The van der Waals surface area contributed by atoms with Gasteiger partial charge in [0.05, 0.1) is 34.7 Å². The van der Waals surface area contributed by atoms with Gasteiger partial charge in [0.15, 0.2) is 0 Å². The molecule has 2 aliphatic heterocycles. The van der Waals surface area contributed by atoms with Gasteiger partial charge in [0.2, 0.25) is 5.36 Å². The number of rotatable bonds is 22. The zero-order valence-corrected chi connectivity index (χ0v) is 48.3. The lowest BCUT2D eigenvalue weighted by atomic mass is 9.89. The smallest absolute Gasteiger partial charge is 0.332 e. The fourth-order valence-electron chi connectivity index (χ4n) is 11.0. The third-order valence-electron chi connectivity index (χ3n) is 15.4. The Balaban J connectivity index is 0.770. The second-order valence-corrected chi connectivity index (χ2v) is 22.8. The molecule has 0 fully saturated rings. The number of anilines is 1. The zero-order chi connectivity index (χ0) is 60.3. The number of unbranched alkanes of at least 4 members (excludes halogenated alkanes) is 4. The molecule has 20 heteroatoms. The highest BCUT2D eigenvalue weighted by molar-refractivity contribution is 7.86. The van der Waals surface area contributed by atoms with E-state index in [1.165, 1.54) is 6.07 Å². The van der Waals surface area contributed by atoms with E-state index < -0.39 is 56.7 Å². The van der Waals surface area contributed by atoms with Crippen molar-refractivity contribution in [1.29, 1.82) is 0 Å². The van der Waals surface area contributed by atoms with Gasteiger partial charge >= 0.3 is 16.2 Å². The second-order valence-electron chi connectivity index (χ2n) is 21.5. The van der Waals surface area contributed by atoms with Gasteiger partial charge in [-0.3, -0.25) is 24.5 Å². The summed E-state index contributed by atoms with van der Waals surface area (Å²) in [5.41, 5.74) is 6.66. The maximum absolute atomic E-state index is 13.7. The molecule has 4 amide bonds. The van der Waals surface area contributed by atoms with E-state index in [1.54, 1.807) is 12.1 Å². The van der Waals surface area contributed by atoms with E-state index in [4.69, 9.17) is 9.15 Å². The minimum Gasteiger partial charge on any atom is -0.545 e. The van der Waals surface area contributed by atoms with Gasteiger partial charge in [-0.2, -0.15) is 8.42 Å². The van der Waals surface area contributed by atoms with Crippen molar-refractivity contribution in [1.82, 2.24) is 29.7 Å². The topological polar surface area (TPSA) is 234 Å². The Labute approximate surface area is 489 Å². The lowest BCUT2D eigenvalue weighted by Gasteiger charge is -2.20. The number of carbonyl (C=O) groups excluding carboxylic acids is 6. The van der Waals surface area contributed by atoms with E-state index in [0.29, 0.717) is 87.9 Å². The number of esters is 1. The van der Waals surface area contributed by atoms with Gasteiger partial charge in [0.1, 0.15) is 31.5 Å². The number of aryl methyl sites for hydroxylation is 2. The van der Waals surface area contributed by atoms with Crippen molar-refractivity contribution in [2.75, 3.05) is 46.2 Å². The van der Waals surface area contributed by atoms with Crippen LogP contribution in [0.5, 0.6) is 0 Å². The largest absolute Gasteiger partial charge is 0.545 e. The number of halogens is 1. The van der Waals surface area contributed by atoms with E-state index in [-0.39, 0.29) is 36.3 Å². The number of ether oxygens (including phenoxy) is 1. The number of benzene rings is 6. The lowest BCUT2D eigenvalue weighted by Crippen LogP contribution is -2.42. The number of fused-ring (bicyclic) bond motifs is 4. The fraction of sp³-hybridized carbons (Fsp3) is 0.246. The SMILES string of the molecule is CN(C)c1ccc2c(-c3ccc(C(=O)NCCCCC(NC(=O)c4ccc(S(=O)(=O)F)cc4)C(=O)OCCCCCCn4cc(C5=C(c6cn(C)c7ccccc67)C(=O)NC5=O)c5ccccc54)cc3C(=O)[O-])c3ccc(=[N+](C)C)cc-3oc2c1. The van der Waals surface area contributed by atoms with E-state index in [9.17, 15) is 46.2 Å². The van der Waals surface area contributed by atoms with Crippen LogP contribution in [-0.4, -0.2) is 101 Å². The van der Waals surface area contributed by atoms with Gasteiger partial charge in [0, 0.05) is 131 Å². The lowest BCUT2D eigenvalue weighted by molar-refractivity contribution is -0.255. The molecule has 436 valence electrons. The third kappa shape index (κ3) is 12.4. The number of hydrogen-bond donors (Lipinski definition) is 3. The van der Waals surface area contributed by atoms with Crippen LogP contribution in [0.15, 0.2) is 149 Å². The molecule has 1 aliphatic carbocycles. The van der Waals surface area contributed by atoms with E-state index >= 15 is 0 Å². The maximum Gasteiger partial charge on any atom is 0.332 e. The van der Waals surface area contributed by atoms with Crippen LogP contribution >= 0.6 is 0 Å². The number of amides is 4. The van der Waals surface area contributed by atoms with Gasteiger partial charge in [-0.1, -0.05) is 48.9 Å². The summed E-state index contributed by atoms with van der Waals surface area (Å²) in [7, 11) is 4.50. The molecule has 0 saturated carbocycles. The summed E-state index contributed by atoms with van der Waals surface area (Å²) < 4.78 is 54.6. The highest BCUT2D eigenvalue weighted by Gasteiger charge is 2.35. The molecular formula is C65H62FN7O11S. The Hall–Kier alpha value is -9.69. The monoisotopic (exact) mass is 1170 g/mol. The number of carbonyl (C=O) groups is 6. The molecule has 0 bridgehead atoms. The number of nitrogens with zero attached hydrogens (tertiary/aromatic N) is 4. The first-order valence-electron chi connectivity index (χ1n) is 27.8. The molecule has 4 heterocycles. The van der Waals surface area contributed by atoms with Crippen molar-refractivity contribution in [3.8, 4) is 22.5 Å².